The third-order valence-electron chi connectivity index (χ3n) is 12.4. The first-order valence-electron chi connectivity index (χ1n) is 20.4. The van der Waals surface area contributed by atoms with Gasteiger partial charge in [-0.05, 0) is 128 Å². The summed E-state index contributed by atoms with van der Waals surface area (Å²) in [5.74, 6) is 0. The zero-order valence-corrected chi connectivity index (χ0v) is 32.3. The Morgan fingerprint density at radius 1 is 0.237 bits per heavy atom. The van der Waals surface area contributed by atoms with Crippen molar-refractivity contribution in [2.24, 2.45) is 0 Å². The molecule has 0 bridgehead atoms. The fourth-order valence-electron chi connectivity index (χ4n) is 9.82. The molecule has 0 aliphatic rings. The van der Waals surface area contributed by atoms with Gasteiger partial charge in [-0.15, -0.1) is 0 Å². The number of rotatable bonds is 4. The monoisotopic (exact) mass is 747 g/mol. The Balaban J connectivity index is 1.33. The minimum Gasteiger partial charge on any atom is -0.310 e. The predicted molar refractivity (Wildman–Crippen MR) is 255 cm³/mol. The van der Waals surface area contributed by atoms with Crippen molar-refractivity contribution in [2.75, 3.05) is 4.90 Å². The average molecular weight is 748 g/mol. The van der Waals surface area contributed by atoms with Crippen LogP contribution >= 0.6 is 0 Å². The van der Waals surface area contributed by atoms with E-state index in [2.05, 4.69) is 229 Å². The van der Waals surface area contributed by atoms with Gasteiger partial charge in [-0.3, -0.25) is 0 Å². The van der Waals surface area contributed by atoms with Crippen LogP contribution in [0.15, 0.2) is 224 Å². The summed E-state index contributed by atoms with van der Waals surface area (Å²) in [6.07, 6.45) is 0. The minimum atomic E-state index is 1.09. The van der Waals surface area contributed by atoms with E-state index < -0.39 is 0 Å². The summed E-state index contributed by atoms with van der Waals surface area (Å²) in [6, 6.07) is 82.9. The number of nitrogens with zero attached hydrogens (tertiary/aromatic N) is 1. The molecule has 0 fully saturated rings. The summed E-state index contributed by atoms with van der Waals surface area (Å²) in [6.45, 7) is 0. The summed E-state index contributed by atoms with van der Waals surface area (Å²) in [7, 11) is 0. The van der Waals surface area contributed by atoms with Gasteiger partial charge in [-0.1, -0.05) is 188 Å². The first-order valence-corrected chi connectivity index (χ1v) is 20.4. The van der Waals surface area contributed by atoms with Crippen LogP contribution in [0.1, 0.15) is 0 Å². The zero-order chi connectivity index (χ0) is 38.9. The minimum absolute atomic E-state index is 1.09. The molecule has 274 valence electrons. The van der Waals surface area contributed by atoms with E-state index in [1.165, 1.54) is 97.3 Å². The van der Waals surface area contributed by atoms with Gasteiger partial charge < -0.3 is 4.90 Å². The summed E-state index contributed by atoms with van der Waals surface area (Å²) >= 11 is 0. The van der Waals surface area contributed by atoms with Gasteiger partial charge in [0.25, 0.3) is 0 Å². The highest BCUT2D eigenvalue weighted by Gasteiger charge is 2.20. The average Bonchev–Trinajstić information content (AvgIpc) is 3.31. The lowest BCUT2D eigenvalue weighted by atomic mass is 9.88. The molecule has 59 heavy (non-hydrogen) atoms. The molecule has 0 aliphatic carbocycles. The molecular formula is C58H37N. The second-order valence-corrected chi connectivity index (χ2v) is 15.6. The Hall–Kier alpha value is -7.74. The van der Waals surface area contributed by atoms with E-state index in [1.54, 1.807) is 0 Å². The maximum Gasteiger partial charge on any atom is 0.0540 e. The Morgan fingerprint density at radius 2 is 0.746 bits per heavy atom. The van der Waals surface area contributed by atoms with E-state index >= 15 is 0 Å². The van der Waals surface area contributed by atoms with E-state index in [0.717, 1.165) is 17.1 Å². The van der Waals surface area contributed by atoms with Gasteiger partial charge in [0.1, 0.15) is 0 Å². The Labute approximate surface area is 342 Å². The van der Waals surface area contributed by atoms with Crippen LogP contribution in [-0.2, 0) is 0 Å². The molecule has 1 heteroatoms. The molecule has 0 heterocycles. The molecule has 0 aromatic heterocycles. The van der Waals surface area contributed by atoms with E-state index in [-0.39, 0.29) is 0 Å². The Bertz CT molecular complexity index is 3650. The fraction of sp³-hybridized carbons (Fsp3) is 0. The lowest BCUT2D eigenvalue weighted by molar-refractivity contribution is 1.29. The molecule has 0 aliphatic heterocycles. The molecule has 0 saturated heterocycles. The van der Waals surface area contributed by atoms with Crippen molar-refractivity contribution in [3.63, 3.8) is 0 Å². The van der Waals surface area contributed by atoms with E-state index in [0.29, 0.717) is 0 Å². The molecule has 0 N–H and O–H groups in total. The van der Waals surface area contributed by atoms with Crippen LogP contribution < -0.4 is 4.90 Å². The zero-order valence-electron chi connectivity index (χ0n) is 32.3. The standard InChI is InChI=1S/C58H37N/c1-3-16-38(17-4-1)44-22-13-14-29-55(44)59(42-20-5-2-6-21-42)43-33-35-50-48-26-10-8-24-46(48)45-23-7-9-25-47(45)49-27-11-12-28-51(49)58-52-34-32-40-19-15-18-39-30-31-41(57(52)56(39)40)36-54(58)53(50)37-43/h1-37H. The van der Waals surface area contributed by atoms with Crippen molar-refractivity contribution in [3.8, 4) is 11.1 Å². The Morgan fingerprint density at radius 3 is 1.42 bits per heavy atom. The predicted octanol–water partition coefficient (Wildman–Crippen LogP) is 16.6. The lowest BCUT2D eigenvalue weighted by Gasteiger charge is -2.28. The number of anilines is 3. The first kappa shape index (κ1) is 33.4. The maximum absolute atomic E-state index is 2.48. The summed E-state index contributed by atoms with van der Waals surface area (Å²) in [5, 5.41) is 20.0. The van der Waals surface area contributed by atoms with Gasteiger partial charge >= 0.3 is 0 Å². The third kappa shape index (κ3) is 5.25. The Kier molecular flexibility index (Phi) is 7.61. The summed E-state index contributed by atoms with van der Waals surface area (Å²) in [5.41, 5.74) is 5.68. The normalized spacial score (nSPS) is 11.7. The lowest BCUT2D eigenvalue weighted by Crippen LogP contribution is -2.11. The second kappa shape index (κ2) is 13.4. The van der Waals surface area contributed by atoms with Crippen molar-refractivity contribution in [2.45, 2.75) is 0 Å². The van der Waals surface area contributed by atoms with Crippen molar-refractivity contribution in [3.05, 3.63) is 224 Å². The SMILES string of the molecule is c1ccc(-c2ccccc2N(c2ccccc2)c2ccc3c4ccccc4c4ccccc4c4ccccc4c4c(cc5ccc6cccc7ccc4c5c67)c3c2)cc1. The molecule has 12 rings (SSSR count). The number of hydrogen-bond donors (Lipinski definition) is 0. The topological polar surface area (TPSA) is 3.24 Å². The fourth-order valence-corrected chi connectivity index (χ4v) is 9.82. The van der Waals surface area contributed by atoms with Crippen LogP contribution in [-0.4, -0.2) is 0 Å². The molecule has 0 unspecified atom stereocenters. The first-order chi connectivity index (χ1) is 29.3. The molecule has 0 radical (unpaired) electrons. The van der Waals surface area contributed by atoms with Gasteiger partial charge in [-0.25, -0.2) is 0 Å². The molecule has 0 atom stereocenters. The summed E-state index contributed by atoms with van der Waals surface area (Å²) in [4.78, 5) is 2.43. The highest BCUT2D eigenvalue weighted by molar-refractivity contribution is 6.36. The second-order valence-electron chi connectivity index (χ2n) is 15.6. The molecule has 0 amide bonds. The van der Waals surface area contributed by atoms with Crippen LogP contribution in [0.2, 0.25) is 0 Å². The molecule has 1 nitrogen and oxygen atoms in total. The van der Waals surface area contributed by atoms with Crippen molar-refractivity contribution >= 4 is 103 Å². The van der Waals surface area contributed by atoms with Gasteiger partial charge in [0.15, 0.2) is 0 Å². The van der Waals surface area contributed by atoms with Gasteiger partial charge in [0, 0.05) is 16.9 Å². The highest BCUT2D eigenvalue weighted by Crippen LogP contribution is 2.46. The van der Waals surface area contributed by atoms with Crippen LogP contribution in [0.25, 0.3) is 97.3 Å². The number of hydrogen-bond acceptors (Lipinski definition) is 1. The van der Waals surface area contributed by atoms with Crippen LogP contribution in [0.5, 0.6) is 0 Å². The number of benzene rings is 11. The van der Waals surface area contributed by atoms with Crippen LogP contribution in [0, 0.1) is 0 Å². The number of fused-ring (bicyclic) bond motifs is 11. The summed E-state index contributed by atoms with van der Waals surface area (Å²) < 4.78 is 0. The molecule has 12 aromatic rings. The van der Waals surface area contributed by atoms with Gasteiger partial charge in [-0.2, -0.15) is 0 Å². The van der Waals surface area contributed by atoms with Crippen LogP contribution in [0.4, 0.5) is 17.1 Å². The highest BCUT2D eigenvalue weighted by atomic mass is 15.1. The molecule has 0 saturated carbocycles. The van der Waals surface area contributed by atoms with E-state index in [9.17, 15) is 0 Å². The smallest absolute Gasteiger partial charge is 0.0540 e. The molecule has 12 aromatic carbocycles. The van der Waals surface area contributed by atoms with E-state index in [4.69, 9.17) is 0 Å². The van der Waals surface area contributed by atoms with Crippen molar-refractivity contribution in [1.29, 1.82) is 0 Å². The molecular weight excluding hydrogens is 711 g/mol. The van der Waals surface area contributed by atoms with Crippen molar-refractivity contribution < 1.29 is 0 Å². The molecule has 0 spiro atoms. The van der Waals surface area contributed by atoms with Gasteiger partial charge in [0.2, 0.25) is 0 Å². The third-order valence-corrected chi connectivity index (χ3v) is 12.4. The van der Waals surface area contributed by atoms with Gasteiger partial charge in [0.05, 0.1) is 5.69 Å². The largest absolute Gasteiger partial charge is 0.310 e. The van der Waals surface area contributed by atoms with Crippen LogP contribution in [0.3, 0.4) is 0 Å². The quantitative estimate of drug-likeness (QED) is 0.162. The van der Waals surface area contributed by atoms with Crippen molar-refractivity contribution in [1.82, 2.24) is 0 Å². The maximum atomic E-state index is 2.48. The number of para-hydroxylation sites is 2. The van der Waals surface area contributed by atoms with E-state index in [1.807, 2.05) is 0 Å².